The lowest BCUT2D eigenvalue weighted by atomic mass is 10.0. The van der Waals surface area contributed by atoms with Crippen molar-refractivity contribution in [2.75, 3.05) is 26.4 Å². The number of rotatable bonds is 29. The second kappa shape index (κ2) is 27.2. The molecule has 2 unspecified atom stereocenters. The van der Waals surface area contributed by atoms with Gasteiger partial charge in [-0.1, -0.05) is 117 Å². The lowest BCUT2D eigenvalue weighted by Gasteiger charge is -2.15. The van der Waals surface area contributed by atoms with Gasteiger partial charge in [0.2, 0.25) is 5.91 Å². The van der Waals surface area contributed by atoms with E-state index in [-0.39, 0.29) is 32.1 Å². The molecule has 0 aliphatic carbocycles. The summed E-state index contributed by atoms with van der Waals surface area (Å²) in [6.45, 7) is 3.36. The maximum absolute atomic E-state index is 11.9. The van der Waals surface area contributed by atoms with Gasteiger partial charge < -0.3 is 20.1 Å². The molecule has 2 atom stereocenters. The molecule has 0 aromatic carbocycles. The minimum atomic E-state index is -4.38. The highest BCUT2D eigenvalue weighted by atomic mass is 31.2. The van der Waals surface area contributed by atoms with E-state index in [0.29, 0.717) is 6.42 Å². The molecule has 0 saturated heterocycles. The molecule has 0 aromatic heterocycles. The third-order valence-corrected chi connectivity index (χ3v) is 7.52. The normalized spacial score (nSPS) is 13.6. The molecule has 1 amide bonds. The van der Waals surface area contributed by atoms with Crippen LogP contribution in [0.15, 0.2) is 0 Å². The van der Waals surface area contributed by atoms with Crippen molar-refractivity contribution in [3.05, 3.63) is 0 Å². The molecular formula is C29H58NO8P. The number of esters is 1. The highest BCUT2D eigenvalue weighted by Gasteiger charge is 2.23. The molecule has 3 N–H and O–H groups in total. The fourth-order valence-corrected chi connectivity index (χ4v) is 4.90. The molecule has 0 heterocycles. The van der Waals surface area contributed by atoms with E-state index in [1.807, 2.05) is 6.92 Å². The van der Waals surface area contributed by atoms with Crippen LogP contribution in [0.2, 0.25) is 0 Å². The third-order valence-electron chi connectivity index (χ3n) is 6.54. The van der Waals surface area contributed by atoms with Crippen LogP contribution in [0.4, 0.5) is 0 Å². The van der Waals surface area contributed by atoms with Gasteiger partial charge in [-0.25, -0.2) is 4.57 Å². The zero-order chi connectivity index (χ0) is 29.0. The molecule has 9 nitrogen and oxygen atoms in total. The number of aliphatic hydroxyl groups is 1. The Morgan fingerprint density at radius 3 is 1.69 bits per heavy atom. The molecule has 0 aliphatic rings. The molecule has 0 fully saturated rings. The van der Waals surface area contributed by atoms with Gasteiger partial charge in [-0.2, -0.15) is 0 Å². The highest BCUT2D eigenvalue weighted by molar-refractivity contribution is 7.47. The summed E-state index contributed by atoms with van der Waals surface area (Å²) in [6, 6.07) is 0. The van der Waals surface area contributed by atoms with Crippen molar-refractivity contribution in [3.63, 3.8) is 0 Å². The fourth-order valence-electron chi connectivity index (χ4n) is 4.14. The van der Waals surface area contributed by atoms with Crippen LogP contribution in [0.5, 0.6) is 0 Å². The topological polar surface area (TPSA) is 131 Å². The summed E-state index contributed by atoms with van der Waals surface area (Å²) >= 11 is 0. The average Bonchev–Trinajstić information content (AvgIpc) is 2.91. The molecule has 10 heteroatoms. The van der Waals surface area contributed by atoms with Crippen LogP contribution in [0.1, 0.15) is 142 Å². The Bertz CT molecular complexity index is 634. The summed E-state index contributed by atoms with van der Waals surface area (Å²) in [5.74, 6) is -0.538. The summed E-state index contributed by atoms with van der Waals surface area (Å²) in [5.41, 5.74) is 0. The smallest absolute Gasteiger partial charge is 0.463 e. The van der Waals surface area contributed by atoms with Gasteiger partial charge in [-0.3, -0.25) is 18.6 Å². The van der Waals surface area contributed by atoms with Crippen LogP contribution in [0, 0.1) is 0 Å². The summed E-state index contributed by atoms with van der Waals surface area (Å²) < 4.78 is 26.4. The second-order valence-corrected chi connectivity index (χ2v) is 11.9. The average molecular weight is 580 g/mol. The zero-order valence-electron chi connectivity index (χ0n) is 24.8. The lowest BCUT2D eigenvalue weighted by Crippen LogP contribution is -2.27. The fraction of sp³-hybridized carbons (Fsp3) is 0.931. The van der Waals surface area contributed by atoms with Crippen molar-refractivity contribution in [1.82, 2.24) is 5.32 Å². The molecule has 0 rings (SSSR count). The van der Waals surface area contributed by atoms with E-state index in [0.717, 1.165) is 38.5 Å². The van der Waals surface area contributed by atoms with Gasteiger partial charge >= 0.3 is 13.8 Å². The Morgan fingerprint density at radius 1 is 0.692 bits per heavy atom. The molecule has 0 radical (unpaired) electrons. The first-order chi connectivity index (χ1) is 18.8. The molecule has 0 aliphatic heterocycles. The van der Waals surface area contributed by atoms with Crippen LogP contribution in [0.25, 0.3) is 0 Å². The Hall–Kier alpha value is -0.990. The van der Waals surface area contributed by atoms with Gasteiger partial charge in [0.25, 0.3) is 0 Å². The first kappa shape index (κ1) is 38.0. The Morgan fingerprint density at radius 2 is 1.15 bits per heavy atom. The first-order valence-corrected chi connectivity index (χ1v) is 17.0. The number of carbonyl (C=O) groups excluding carboxylic acids is 2. The Kier molecular flexibility index (Phi) is 26.5. The Balaban J connectivity index is 3.58. The number of phosphoric ester groups is 1. The quantitative estimate of drug-likeness (QED) is 0.0491. The Labute approximate surface area is 237 Å². The van der Waals surface area contributed by atoms with Crippen molar-refractivity contribution in [1.29, 1.82) is 0 Å². The summed E-state index contributed by atoms with van der Waals surface area (Å²) in [7, 11) is -4.38. The number of amides is 1. The number of ether oxygens (including phenoxy) is 1. The largest absolute Gasteiger partial charge is 0.472 e. The molecule has 39 heavy (non-hydrogen) atoms. The van der Waals surface area contributed by atoms with Gasteiger partial charge in [-0.05, 0) is 12.8 Å². The van der Waals surface area contributed by atoms with Gasteiger partial charge in [-0.15, -0.1) is 0 Å². The van der Waals surface area contributed by atoms with E-state index in [1.54, 1.807) is 0 Å². The van der Waals surface area contributed by atoms with E-state index < -0.39 is 26.5 Å². The standard InChI is InChI=1S/C29H58NO8P/c1-3-5-7-8-9-10-11-12-13-14-15-16-17-18-20-22-29(33)36-25-27(31)26-38-39(34,35)37-24-23-30-28(32)21-19-6-4-2/h27,31H,3-26H2,1-2H3,(H,30,32)(H,34,35). The minimum absolute atomic E-state index is 0.0817. The molecule has 0 saturated carbocycles. The van der Waals surface area contributed by atoms with E-state index in [9.17, 15) is 24.2 Å². The van der Waals surface area contributed by atoms with Gasteiger partial charge in [0.15, 0.2) is 0 Å². The minimum Gasteiger partial charge on any atom is -0.463 e. The third kappa shape index (κ3) is 28.3. The summed E-state index contributed by atoms with van der Waals surface area (Å²) in [5, 5.41) is 12.5. The zero-order valence-corrected chi connectivity index (χ0v) is 25.7. The summed E-state index contributed by atoms with van der Waals surface area (Å²) in [6.07, 6.45) is 21.1. The van der Waals surface area contributed by atoms with E-state index in [2.05, 4.69) is 12.2 Å². The van der Waals surface area contributed by atoms with Crippen molar-refractivity contribution < 1.29 is 37.9 Å². The van der Waals surface area contributed by atoms with Crippen LogP contribution in [-0.4, -0.2) is 54.3 Å². The first-order valence-electron chi connectivity index (χ1n) is 15.5. The van der Waals surface area contributed by atoms with E-state index in [1.165, 1.54) is 77.0 Å². The maximum Gasteiger partial charge on any atom is 0.472 e. The van der Waals surface area contributed by atoms with Gasteiger partial charge in [0.1, 0.15) is 12.7 Å². The number of hydrogen-bond acceptors (Lipinski definition) is 7. The van der Waals surface area contributed by atoms with Crippen LogP contribution in [-0.2, 0) is 27.9 Å². The number of phosphoric acid groups is 1. The predicted octanol–water partition coefficient (Wildman–Crippen LogP) is 6.98. The highest BCUT2D eigenvalue weighted by Crippen LogP contribution is 2.42. The van der Waals surface area contributed by atoms with E-state index in [4.69, 9.17) is 13.8 Å². The molecule has 0 aromatic rings. The number of aliphatic hydroxyl groups excluding tert-OH is 1. The van der Waals surface area contributed by atoms with Crippen molar-refractivity contribution in [3.8, 4) is 0 Å². The summed E-state index contributed by atoms with van der Waals surface area (Å²) in [4.78, 5) is 33.1. The van der Waals surface area contributed by atoms with Gasteiger partial charge in [0.05, 0.1) is 13.2 Å². The van der Waals surface area contributed by atoms with Crippen molar-refractivity contribution in [2.45, 2.75) is 148 Å². The molecule has 232 valence electrons. The van der Waals surface area contributed by atoms with E-state index >= 15 is 0 Å². The second-order valence-electron chi connectivity index (χ2n) is 10.4. The number of carbonyl (C=O) groups is 2. The van der Waals surface area contributed by atoms with Crippen LogP contribution >= 0.6 is 7.82 Å². The van der Waals surface area contributed by atoms with Gasteiger partial charge in [0, 0.05) is 19.4 Å². The number of nitrogens with one attached hydrogen (secondary N) is 1. The molecule has 0 bridgehead atoms. The van der Waals surface area contributed by atoms with Crippen molar-refractivity contribution >= 4 is 19.7 Å². The van der Waals surface area contributed by atoms with Crippen LogP contribution in [0.3, 0.4) is 0 Å². The predicted molar refractivity (Wildman–Crippen MR) is 155 cm³/mol. The monoisotopic (exact) mass is 579 g/mol. The van der Waals surface area contributed by atoms with Crippen LogP contribution < -0.4 is 5.32 Å². The number of hydrogen-bond donors (Lipinski definition) is 3. The number of unbranched alkanes of at least 4 members (excludes halogenated alkanes) is 16. The molecule has 0 spiro atoms. The SMILES string of the molecule is CCCCCCCCCCCCCCCCCC(=O)OCC(O)COP(=O)(O)OCCNC(=O)CCCCC. The lowest BCUT2D eigenvalue weighted by molar-refractivity contribution is -0.147. The van der Waals surface area contributed by atoms with Crippen molar-refractivity contribution in [2.24, 2.45) is 0 Å². The molecular weight excluding hydrogens is 521 g/mol. The maximum atomic E-state index is 11.9.